The van der Waals surface area contributed by atoms with Gasteiger partial charge in [0.05, 0.1) is 16.8 Å². The van der Waals surface area contributed by atoms with Crippen LogP contribution in [-0.2, 0) is 9.53 Å². The second-order valence-corrected chi connectivity index (χ2v) is 7.59. The van der Waals surface area contributed by atoms with Crippen molar-refractivity contribution in [3.8, 4) is 11.3 Å². The number of amides is 1. The van der Waals surface area contributed by atoms with Gasteiger partial charge in [-0.2, -0.15) is 0 Å². The third-order valence-corrected chi connectivity index (χ3v) is 5.46. The average molecular weight is 409 g/mol. The van der Waals surface area contributed by atoms with Crippen molar-refractivity contribution in [1.29, 1.82) is 0 Å². The summed E-state index contributed by atoms with van der Waals surface area (Å²) in [6.07, 6.45) is 1.99. The van der Waals surface area contributed by atoms with Crippen LogP contribution < -0.4 is 0 Å². The maximum Gasteiger partial charge on any atom is 0.339 e. The summed E-state index contributed by atoms with van der Waals surface area (Å²) in [5.74, 6) is -0.668. The molecule has 6 heteroatoms. The summed E-state index contributed by atoms with van der Waals surface area (Å²) in [6.45, 7) is 3.05. The number of ether oxygens (including phenoxy) is 1. The molecule has 1 aliphatic heterocycles. The smallest absolute Gasteiger partial charge is 0.339 e. The van der Waals surface area contributed by atoms with Crippen molar-refractivity contribution in [2.45, 2.75) is 19.8 Å². The lowest BCUT2D eigenvalue weighted by Crippen LogP contribution is -2.32. The molecule has 1 fully saturated rings. The summed E-state index contributed by atoms with van der Waals surface area (Å²) >= 11 is 6.15. The minimum atomic E-state index is -0.517. The average Bonchev–Trinajstić information content (AvgIpc) is 3.26. The zero-order valence-corrected chi connectivity index (χ0v) is 16.9. The second kappa shape index (κ2) is 8.21. The Bertz CT molecular complexity index is 1090. The van der Waals surface area contributed by atoms with Crippen molar-refractivity contribution in [1.82, 2.24) is 9.88 Å². The first kappa shape index (κ1) is 19.4. The number of carbonyl (C=O) groups excluding carboxylic acids is 2. The van der Waals surface area contributed by atoms with Crippen molar-refractivity contribution in [3.63, 3.8) is 0 Å². The van der Waals surface area contributed by atoms with Crippen LogP contribution in [0.5, 0.6) is 0 Å². The Morgan fingerprint density at radius 1 is 1.10 bits per heavy atom. The number of fused-ring (bicyclic) bond motifs is 1. The van der Waals surface area contributed by atoms with Crippen LogP contribution in [0, 0.1) is 6.92 Å². The normalized spacial score (nSPS) is 13.7. The van der Waals surface area contributed by atoms with Gasteiger partial charge in [-0.05, 0) is 43.5 Å². The van der Waals surface area contributed by atoms with E-state index in [9.17, 15) is 9.59 Å². The zero-order valence-electron chi connectivity index (χ0n) is 16.2. The van der Waals surface area contributed by atoms with Gasteiger partial charge in [-0.15, -0.1) is 0 Å². The molecular formula is C23H21ClN2O3. The van der Waals surface area contributed by atoms with Crippen LogP contribution >= 0.6 is 11.6 Å². The highest BCUT2D eigenvalue weighted by molar-refractivity contribution is 6.30. The van der Waals surface area contributed by atoms with Crippen LogP contribution in [-0.4, -0.2) is 41.5 Å². The van der Waals surface area contributed by atoms with Crippen LogP contribution in [0.4, 0.5) is 0 Å². The molecule has 5 nitrogen and oxygen atoms in total. The van der Waals surface area contributed by atoms with Crippen LogP contribution in [0.25, 0.3) is 22.2 Å². The zero-order chi connectivity index (χ0) is 20.4. The number of nitrogens with zero attached hydrogens (tertiary/aromatic N) is 2. The SMILES string of the molecule is Cc1c(-c2cccc(Cl)c2)nc2ccccc2c1C(=O)OCC(=O)N1CCCC1. The van der Waals surface area contributed by atoms with E-state index < -0.39 is 5.97 Å². The number of rotatable bonds is 4. The number of hydrogen-bond acceptors (Lipinski definition) is 4. The summed E-state index contributed by atoms with van der Waals surface area (Å²) in [7, 11) is 0. The lowest BCUT2D eigenvalue weighted by molar-refractivity contribution is -0.133. The van der Waals surface area contributed by atoms with Gasteiger partial charge < -0.3 is 9.64 Å². The number of esters is 1. The molecule has 0 N–H and O–H groups in total. The number of halogens is 1. The molecule has 0 unspecified atom stereocenters. The van der Waals surface area contributed by atoms with E-state index in [0.717, 1.165) is 31.5 Å². The Labute approximate surface area is 174 Å². The van der Waals surface area contributed by atoms with E-state index in [0.29, 0.717) is 32.7 Å². The monoisotopic (exact) mass is 408 g/mol. The highest BCUT2D eigenvalue weighted by Gasteiger charge is 2.23. The Balaban J connectivity index is 1.71. The first-order valence-corrected chi connectivity index (χ1v) is 10.0. The van der Waals surface area contributed by atoms with Crippen molar-refractivity contribution < 1.29 is 14.3 Å². The second-order valence-electron chi connectivity index (χ2n) is 7.15. The third-order valence-electron chi connectivity index (χ3n) is 5.22. The Morgan fingerprint density at radius 2 is 1.86 bits per heavy atom. The molecule has 3 aromatic rings. The Kier molecular flexibility index (Phi) is 5.49. The Hall–Kier alpha value is -2.92. The van der Waals surface area contributed by atoms with Crippen molar-refractivity contribution in [3.05, 3.63) is 64.7 Å². The fourth-order valence-electron chi connectivity index (χ4n) is 3.74. The molecule has 0 spiro atoms. The number of aromatic nitrogens is 1. The lowest BCUT2D eigenvalue weighted by Gasteiger charge is -2.17. The number of para-hydroxylation sites is 1. The van der Waals surface area contributed by atoms with E-state index >= 15 is 0 Å². The fourth-order valence-corrected chi connectivity index (χ4v) is 3.93. The van der Waals surface area contributed by atoms with Gasteiger partial charge in [0, 0.05) is 29.1 Å². The summed E-state index contributed by atoms with van der Waals surface area (Å²) in [5.41, 5.74) is 3.31. The number of hydrogen-bond donors (Lipinski definition) is 0. The Morgan fingerprint density at radius 3 is 2.62 bits per heavy atom. The molecule has 0 radical (unpaired) electrons. The van der Waals surface area contributed by atoms with E-state index in [2.05, 4.69) is 0 Å². The van der Waals surface area contributed by atoms with Crippen LogP contribution in [0.1, 0.15) is 28.8 Å². The van der Waals surface area contributed by atoms with Crippen molar-refractivity contribution >= 4 is 34.4 Å². The summed E-state index contributed by atoms with van der Waals surface area (Å²) < 4.78 is 5.42. The van der Waals surface area contributed by atoms with E-state index in [1.165, 1.54) is 0 Å². The predicted octanol–water partition coefficient (Wildman–Crippen LogP) is 4.64. The van der Waals surface area contributed by atoms with Gasteiger partial charge in [0.2, 0.25) is 0 Å². The number of likely N-dealkylation sites (tertiary alicyclic amines) is 1. The maximum atomic E-state index is 13.0. The summed E-state index contributed by atoms with van der Waals surface area (Å²) in [6, 6.07) is 14.8. The van der Waals surface area contributed by atoms with E-state index in [4.69, 9.17) is 21.3 Å². The third kappa shape index (κ3) is 3.96. The molecule has 1 aliphatic rings. The molecule has 1 aromatic heterocycles. The molecule has 0 aliphatic carbocycles. The highest BCUT2D eigenvalue weighted by atomic mass is 35.5. The molecule has 0 atom stereocenters. The van der Waals surface area contributed by atoms with Gasteiger partial charge in [0.1, 0.15) is 0 Å². The van der Waals surface area contributed by atoms with Gasteiger partial charge in [-0.1, -0.05) is 41.9 Å². The number of carbonyl (C=O) groups is 2. The van der Waals surface area contributed by atoms with Gasteiger partial charge in [-0.3, -0.25) is 4.79 Å². The fraction of sp³-hybridized carbons (Fsp3) is 0.261. The minimum absolute atomic E-state index is 0.151. The van der Waals surface area contributed by atoms with Gasteiger partial charge in [0.25, 0.3) is 5.91 Å². The summed E-state index contributed by atoms with van der Waals surface area (Å²) in [4.78, 5) is 31.8. The maximum absolute atomic E-state index is 13.0. The number of benzene rings is 2. The lowest BCUT2D eigenvalue weighted by atomic mass is 9.98. The molecule has 1 amide bonds. The van der Waals surface area contributed by atoms with Gasteiger partial charge in [-0.25, -0.2) is 9.78 Å². The predicted molar refractivity (Wildman–Crippen MR) is 113 cm³/mol. The summed E-state index contributed by atoms with van der Waals surface area (Å²) in [5, 5.41) is 1.30. The van der Waals surface area contributed by atoms with E-state index in [1.807, 2.05) is 49.4 Å². The number of pyridine rings is 1. The van der Waals surface area contributed by atoms with Crippen molar-refractivity contribution in [2.75, 3.05) is 19.7 Å². The molecule has 2 heterocycles. The molecule has 1 saturated heterocycles. The highest BCUT2D eigenvalue weighted by Crippen LogP contribution is 2.31. The molecule has 0 bridgehead atoms. The van der Waals surface area contributed by atoms with Gasteiger partial charge in [0.15, 0.2) is 6.61 Å². The largest absolute Gasteiger partial charge is 0.452 e. The molecule has 29 heavy (non-hydrogen) atoms. The molecule has 0 saturated carbocycles. The van der Waals surface area contributed by atoms with Crippen LogP contribution in [0.3, 0.4) is 0 Å². The molecule has 4 rings (SSSR count). The molecule has 148 valence electrons. The standard InChI is InChI=1S/C23H21ClN2O3/c1-15-21(23(28)29-14-20(27)26-11-4-5-12-26)18-9-2-3-10-19(18)25-22(15)16-7-6-8-17(24)13-16/h2-3,6-10,13H,4-5,11-12,14H2,1H3. The van der Waals surface area contributed by atoms with Crippen molar-refractivity contribution in [2.24, 2.45) is 0 Å². The minimum Gasteiger partial charge on any atom is -0.452 e. The first-order valence-electron chi connectivity index (χ1n) is 9.65. The molecule has 2 aromatic carbocycles. The van der Waals surface area contributed by atoms with Crippen LogP contribution in [0.2, 0.25) is 5.02 Å². The van der Waals surface area contributed by atoms with E-state index in [1.54, 1.807) is 11.0 Å². The quantitative estimate of drug-likeness (QED) is 0.590. The van der Waals surface area contributed by atoms with Crippen LogP contribution in [0.15, 0.2) is 48.5 Å². The van der Waals surface area contributed by atoms with Gasteiger partial charge >= 0.3 is 5.97 Å². The van der Waals surface area contributed by atoms with E-state index in [-0.39, 0.29) is 12.5 Å². The molecular weight excluding hydrogens is 388 g/mol. The first-order chi connectivity index (χ1) is 14.0. The topological polar surface area (TPSA) is 59.5 Å².